The van der Waals surface area contributed by atoms with Gasteiger partial charge in [0.05, 0.1) is 20.8 Å². The summed E-state index contributed by atoms with van der Waals surface area (Å²) < 4.78 is 0.912. The number of nitrogens with one attached hydrogen (secondary N) is 1. The molecule has 4 nitrogen and oxygen atoms in total. The summed E-state index contributed by atoms with van der Waals surface area (Å²) >= 11 is 7.47. The number of carboxylic acid groups (broad SMARTS) is 1. The smallest absolute Gasteiger partial charge is 0.337 e. The van der Waals surface area contributed by atoms with Gasteiger partial charge in [0.25, 0.3) is 0 Å². The van der Waals surface area contributed by atoms with Crippen LogP contribution in [0.15, 0.2) is 12.1 Å². The highest BCUT2D eigenvalue weighted by Gasteiger charge is 2.17. The van der Waals surface area contributed by atoms with E-state index in [1.54, 1.807) is 6.07 Å². The van der Waals surface area contributed by atoms with Crippen LogP contribution in [0.1, 0.15) is 36.0 Å². The lowest BCUT2D eigenvalue weighted by Crippen LogP contribution is -2.13. The predicted octanol–water partition coefficient (Wildman–Crippen LogP) is 4.00. The van der Waals surface area contributed by atoms with Crippen LogP contribution in [-0.2, 0) is 0 Å². The van der Waals surface area contributed by atoms with Crippen LogP contribution in [-0.4, -0.2) is 22.1 Å². The van der Waals surface area contributed by atoms with Crippen LogP contribution in [0.4, 0.5) is 5.13 Å². The fraction of sp³-hybridized carbons (Fsp3) is 0.385. The van der Waals surface area contributed by atoms with E-state index in [0.29, 0.717) is 11.6 Å². The Morgan fingerprint density at radius 3 is 2.84 bits per heavy atom. The number of aromatic carboxylic acids is 1. The van der Waals surface area contributed by atoms with Crippen molar-refractivity contribution in [3.05, 3.63) is 22.7 Å². The second-order valence-electron chi connectivity index (χ2n) is 4.75. The molecule has 6 heteroatoms. The van der Waals surface area contributed by atoms with E-state index in [1.807, 2.05) is 0 Å². The van der Waals surface area contributed by atoms with Crippen LogP contribution in [0.3, 0.4) is 0 Å². The number of fused-ring (bicyclic) bond motifs is 1. The maximum Gasteiger partial charge on any atom is 0.337 e. The van der Waals surface area contributed by atoms with Crippen molar-refractivity contribution in [1.82, 2.24) is 4.98 Å². The molecule has 0 atom stereocenters. The van der Waals surface area contributed by atoms with Crippen LogP contribution in [0.25, 0.3) is 10.2 Å². The van der Waals surface area contributed by atoms with E-state index in [9.17, 15) is 4.79 Å². The Morgan fingerprint density at radius 2 is 2.16 bits per heavy atom. The van der Waals surface area contributed by atoms with E-state index in [0.717, 1.165) is 9.83 Å². The predicted molar refractivity (Wildman–Crippen MR) is 77.5 cm³/mol. The molecule has 19 heavy (non-hydrogen) atoms. The SMILES string of the molecule is O=C(O)c1cc2nc(NC3CCCC3)sc2cc1Cl. The summed E-state index contributed by atoms with van der Waals surface area (Å²) in [5.41, 5.74) is 0.791. The first-order chi connectivity index (χ1) is 9.13. The molecule has 1 heterocycles. The summed E-state index contributed by atoms with van der Waals surface area (Å²) in [6.07, 6.45) is 4.88. The Morgan fingerprint density at radius 1 is 1.42 bits per heavy atom. The lowest BCUT2D eigenvalue weighted by Gasteiger charge is -2.09. The highest BCUT2D eigenvalue weighted by atomic mass is 35.5. The van der Waals surface area contributed by atoms with E-state index in [2.05, 4.69) is 10.3 Å². The first-order valence-electron chi connectivity index (χ1n) is 6.23. The van der Waals surface area contributed by atoms with E-state index in [4.69, 9.17) is 16.7 Å². The minimum absolute atomic E-state index is 0.104. The Kier molecular flexibility index (Phi) is 3.33. The van der Waals surface area contributed by atoms with Gasteiger partial charge < -0.3 is 10.4 Å². The van der Waals surface area contributed by atoms with Crippen molar-refractivity contribution < 1.29 is 9.90 Å². The molecule has 0 bridgehead atoms. The number of carboxylic acids is 1. The van der Waals surface area contributed by atoms with E-state index in [-0.39, 0.29) is 10.6 Å². The quantitative estimate of drug-likeness (QED) is 0.898. The summed E-state index contributed by atoms with van der Waals surface area (Å²) in [4.78, 5) is 15.5. The maximum atomic E-state index is 11.0. The summed E-state index contributed by atoms with van der Waals surface area (Å²) in [6, 6.07) is 3.71. The molecule has 0 amide bonds. The minimum Gasteiger partial charge on any atom is -0.478 e. The normalized spacial score (nSPS) is 16.1. The van der Waals surface area contributed by atoms with Gasteiger partial charge in [-0.25, -0.2) is 9.78 Å². The third-order valence-corrected chi connectivity index (χ3v) is 4.65. The largest absolute Gasteiger partial charge is 0.478 e. The van der Waals surface area contributed by atoms with Crippen LogP contribution < -0.4 is 5.32 Å². The maximum absolute atomic E-state index is 11.0. The molecule has 0 unspecified atom stereocenters. The number of nitrogens with zero attached hydrogens (tertiary/aromatic N) is 1. The molecular weight excluding hydrogens is 284 g/mol. The van der Waals surface area contributed by atoms with Gasteiger partial charge >= 0.3 is 5.97 Å². The summed E-state index contributed by atoms with van der Waals surface area (Å²) in [5, 5.41) is 13.6. The fourth-order valence-corrected chi connectivity index (χ4v) is 3.69. The number of hydrogen-bond acceptors (Lipinski definition) is 4. The van der Waals surface area contributed by atoms with Crippen molar-refractivity contribution in [3.63, 3.8) is 0 Å². The monoisotopic (exact) mass is 296 g/mol. The van der Waals surface area contributed by atoms with Crippen LogP contribution >= 0.6 is 22.9 Å². The molecule has 1 saturated carbocycles. The molecule has 1 aliphatic rings. The standard InChI is InChI=1S/C13H13ClN2O2S/c14-9-6-11-10(5-8(9)12(17)18)16-13(19-11)15-7-3-1-2-4-7/h5-7H,1-4H2,(H,15,16)(H,17,18). The summed E-state index contributed by atoms with van der Waals surface area (Å²) in [5.74, 6) is -1.02. The van der Waals surface area contributed by atoms with Gasteiger partial charge in [-0.3, -0.25) is 0 Å². The molecule has 0 spiro atoms. The molecule has 100 valence electrons. The van der Waals surface area contributed by atoms with Gasteiger partial charge in [0.1, 0.15) is 0 Å². The molecule has 0 radical (unpaired) electrons. The van der Waals surface area contributed by atoms with Gasteiger partial charge in [-0.05, 0) is 25.0 Å². The zero-order valence-corrected chi connectivity index (χ0v) is 11.7. The molecule has 1 aromatic heterocycles. The number of benzene rings is 1. The molecule has 3 rings (SSSR count). The number of hydrogen-bond donors (Lipinski definition) is 2. The topological polar surface area (TPSA) is 62.2 Å². The van der Waals surface area contributed by atoms with Crippen LogP contribution in [0, 0.1) is 0 Å². The highest BCUT2D eigenvalue weighted by Crippen LogP contribution is 2.32. The van der Waals surface area contributed by atoms with Gasteiger partial charge in [0, 0.05) is 6.04 Å². The van der Waals surface area contributed by atoms with Crippen molar-refractivity contribution >= 4 is 44.3 Å². The molecule has 0 saturated heterocycles. The number of thiazole rings is 1. The lowest BCUT2D eigenvalue weighted by atomic mass is 10.2. The van der Waals surface area contributed by atoms with Crippen molar-refractivity contribution in [1.29, 1.82) is 0 Å². The number of rotatable bonds is 3. The number of carbonyl (C=O) groups is 1. The second kappa shape index (κ2) is 4.98. The molecule has 1 aromatic carbocycles. The molecular formula is C13H13ClN2O2S. The van der Waals surface area contributed by atoms with Crippen LogP contribution in [0.2, 0.25) is 5.02 Å². The van der Waals surface area contributed by atoms with Crippen molar-refractivity contribution in [2.45, 2.75) is 31.7 Å². The minimum atomic E-state index is -1.02. The van der Waals surface area contributed by atoms with Gasteiger partial charge in [-0.15, -0.1) is 0 Å². The zero-order chi connectivity index (χ0) is 13.4. The Bertz CT molecular complexity index is 635. The second-order valence-corrected chi connectivity index (χ2v) is 6.19. The Hall–Kier alpha value is -1.33. The molecule has 0 aliphatic heterocycles. The first kappa shape index (κ1) is 12.7. The third-order valence-electron chi connectivity index (χ3n) is 3.39. The van der Waals surface area contributed by atoms with Gasteiger partial charge in [-0.2, -0.15) is 0 Å². The Labute approximate surface area is 119 Å². The summed E-state index contributed by atoms with van der Waals surface area (Å²) in [7, 11) is 0. The average molecular weight is 297 g/mol. The zero-order valence-electron chi connectivity index (χ0n) is 10.1. The van der Waals surface area contributed by atoms with Crippen molar-refractivity contribution in [2.24, 2.45) is 0 Å². The van der Waals surface area contributed by atoms with E-state index >= 15 is 0 Å². The van der Waals surface area contributed by atoms with E-state index < -0.39 is 5.97 Å². The highest BCUT2D eigenvalue weighted by molar-refractivity contribution is 7.22. The Balaban J connectivity index is 1.93. The third kappa shape index (κ3) is 2.53. The van der Waals surface area contributed by atoms with Crippen LogP contribution in [0.5, 0.6) is 0 Å². The fourth-order valence-electron chi connectivity index (χ4n) is 2.42. The van der Waals surface area contributed by atoms with Crippen molar-refractivity contribution in [2.75, 3.05) is 5.32 Å². The number of aromatic nitrogens is 1. The molecule has 2 aromatic rings. The molecule has 1 aliphatic carbocycles. The van der Waals surface area contributed by atoms with Gasteiger partial charge in [-0.1, -0.05) is 35.8 Å². The molecule has 1 fully saturated rings. The first-order valence-corrected chi connectivity index (χ1v) is 7.43. The average Bonchev–Trinajstić information content (AvgIpc) is 2.96. The van der Waals surface area contributed by atoms with Gasteiger partial charge in [0.15, 0.2) is 5.13 Å². The van der Waals surface area contributed by atoms with Gasteiger partial charge in [0.2, 0.25) is 0 Å². The number of anilines is 1. The molecule has 2 N–H and O–H groups in total. The van der Waals surface area contributed by atoms with Crippen molar-refractivity contribution in [3.8, 4) is 0 Å². The lowest BCUT2D eigenvalue weighted by molar-refractivity contribution is 0.0697. The summed E-state index contributed by atoms with van der Waals surface area (Å²) in [6.45, 7) is 0. The number of halogens is 1. The van der Waals surface area contributed by atoms with E-state index in [1.165, 1.54) is 43.1 Å².